The fourth-order valence-corrected chi connectivity index (χ4v) is 5.82. The molecule has 0 aromatic heterocycles. The molecule has 36 heavy (non-hydrogen) atoms. The summed E-state index contributed by atoms with van der Waals surface area (Å²) < 4.78 is 0. The second kappa shape index (κ2) is 8.33. The van der Waals surface area contributed by atoms with Gasteiger partial charge in [-0.3, -0.25) is 14.4 Å². The van der Waals surface area contributed by atoms with Gasteiger partial charge in [-0.15, -0.1) is 0 Å². The van der Waals surface area contributed by atoms with Gasteiger partial charge < -0.3 is 26.2 Å². The Morgan fingerprint density at radius 1 is 1.06 bits per heavy atom. The van der Waals surface area contributed by atoms with E-state index in [2.05, 4.69) is 11.8 Å². The molecule has 0 aliphatic heterocycles. The molecule has 3 aliphatic carbocycles. The topological polar surface area (TPSA) is 158 Å². The predicted octanol–water partition coefficient (Wildman–Crippen LogP) is 1.45. The molecule has 0 spiro atoms. The number of nitrogens with two attached hydrogens (primary N) is 1. The normalized spacial score (nSPS) is 29.0. The Kier molecular flexibility index (Phi) is 5.51. The maximum atomic E-state index is 13.6. The average molecular weight is 488 g/mol. The van der Waals surface area contributed by atoms with Crippen LogP contribution in [0.1, 0.15) is 45.5 Å². The molecule has 2 unspecified atom stereocenters. The number of carbonyl (C=O) groups is 3. The number of Topliss-reactive ketones (excluding diaryl/α,β-unsaturated/α-hetero) is 2. The first-order chi connectivity index (χ1) is 17.0. The van der Waals surface area contributed by atoms with Crippen molar-refractivity contribution in [1.29, 1.82) is 0 Å². The molecule has 2 aromatic rings. The lowest BCUT2D eigenvalue weighted by Gasteiger charge is -2.48. The van der Waals surface area contributed by atoms with Crippen molar-refractivity contribution in [2.24, 2.45) is 23.5 Å². The highest BCUT2D eigenvalue weighted by Crippen LogP contribution is 2.51. The highest BCUT2D eigenvalue weighted by Gasteiger charge is 2.62. The zero-order chi connectivity index (χ0) is 25.9. The maximum Gasteiger partial charge on any atom is 0.230 e. The van der Waals surface area contributed by atoms with Gasteiger partial charge in [0.15, 0.2) is 17.2 Å². The SMILES string of the molecule is Cc1ccc(C#Cc2ccc(O)c3c2C[C@H]2C[C@H]4CC(O)C(C(N)=O)C(=O)[C@@]4(O)C(O)=C2C3=O)cc1. The van der Waals surface area contributed by atoms with Gasteiger partial charge in [-0.2, -0.15) is 0 Å². The molecule has 0 saturated heterocycles. The number of aliphatic hydroxyl groups excluding tert-OH is 2. The van der Waals surface area contributed by atoms with Crippen LogP contribution in [-0.4, -0.2) is 49.6 Å². The van der Waals surface area contributed by atoms with Crippen LogP contribution >= 0.6 is 0 Å². The molecule has 0 bridgehead atoms. The summed E-state index contributed by atoms with van der Waals surface area (Å²) in [5.74, 6) is -1.15. The third-order valence-electron chi connectivity index (χ3n) is 7.67. The molecule has 1 fully saturated rings. The summed E-state index contributed by atoms with van der Waals surface area (Å²) in [5.41, 5.74) is 5.48. The van der Waals surface area contributed by atoms with Gasteiger partial charge in [0.25, 0.3) is 0 Å². The van der Waals surface area contributed by atoms with Crippen LogP contribution in [0.2, 0.25) is 0 Å². The summed E-state index contributed by atoms with van der Waals surface area (Å²) in [7, 11) is 0. The Bertz CT molecular complexity index is 1410. The van der Waals surface area contributed by atoms with E-state index in [1.54, 1.807) is 6.07 Å². The number of hydrogen-bond acceptors (Lipinski definition) is 7. The van der Waals surface area contributed by atoms with Crippen LogP contribution in [0.15, 0.2) is 47.7 Å². The number of rotatable bonds is 1. The summed E-state index contributed by atoms with van der Waals surface area (Å²) in [6.45, 7) is 1.97. The minimum atomic E-state index is -2.52. The Labute approximate surface area is 207 Å². The summed E-state index contributed by atoms with van der Waals surface area (Å²) in [6, 6.07) is 10.6. The van der Waals surface area contributed by atoms with E-state index in [1.165, 1.54) is 6.07 Å². The van der Waals surface area contributed by atoms with Crippen molar-refractivity contribution >= 4 is 17.5 Å². The third-order valence-corrected chi connectivity index (χ3v) is 7.67. The van der Waals surface area contributed by atoms with Crippen LogP contribution in [0.5, 0.6) is 5.75 Å². The smallest absolute Gasteiger partial charge is 0.230 e. The number of phenols is 1. The summed E-state index contributed by atoms with van der Waals surface area (Å²) >= 11 is 0. The molecular formula is C28H25NO7. The quantitative estimate of drug-likeness (QED) is 0.301. The fourth-order valence-electron chi connectivity index (χ4n) is 5.82. The number of benzene rings is 2. The molecule has 2 aromatic carbocycles. The minimum Gasteiger partial charge on any atom is -0.508 e. The van der Waals surface area contributed by atoms with Crippen LogP contribution < -0.4 is 5.73 Å². The van der Waals surface area contributed by atoms with Gasteiger partial charge in [-0.05, 0) is 61.9 Å². The third kappa shape index (κ3) is 3.43. The molecule has 1 saturated carbocycles. The van der Waals surface area contributed by atoms with Crippen molar-refractivity contribution in [2.45, 2.75) is 37.9 Å². The van der Waals surface area contributed by atoms with Crippen LogP contribution in [-0.2, 0) is 16.0 Å². The number of phenolic OH excluding ortho intramolecular Hbond substituents is 1. The Morgan fingerprint density at radius 2 is 1.75 bits per heavy atom. The van der Waals surface area contributed by atoms with E-state index in [-0.39, 0.29) is 36.1 Å². The molecule has 184 valence electrons. The average Bonchev–Trinajstić information content (AvgIpc) is 2.81. The number of aryl methyl sites for hydroxylation is 1. The van der Waals surface area contributed by atoms with E-state index in [4.69, 9.17) is 5.73 Å². The van der Waals surface area contributed by atoms with Gasteiger partial charge in [0.05, 0.1) is 11.7 Å². The Morgan fingerprint density at radius 3 is 2.42 bits per heavy atom. The van der Waals surface area contributed by atoms with Crippen molar-refractivity contribution in [2.75, 3.05) is 0 Å². The Balaban J connectivity index is 1.61. The monoisotopic (exact) mass is 487 g/mol. The van der Waals surface area contributed by atoms with E-state index >= 15 is 0 Å². The van der Waals surface area contributed by atoms with E-state index in [9.17, 15) is 34.8 Å². The van der Waals surface area contributed by atoms with E-state index in [0.29, 0.717) is 11.1 Å². The van der Waals surface area contributed by atoms with Gasteiger partial charge >= 0.3 is 0 Å². The van der Waals surface area contributed by atoms with Crippen molar-refractivity contribution in [1.82, 2.24) is 0 Å². The predicted molar refractivity (Wildman–Crippen MR) is 128 cm³/mol. The number of carbonyl (C=O) groups excluding carboxylic acids is 3. The van der Waals surface area contributed by atoms with Gasteiger partial charge in [-0.25, -0.2) is 0 Å². The molecule has 6 N–H and O–H groups in total. The number of fused-ring (bicyclic) bond motifs is 3. The second-order valence-electron chi connectivity index (χ2n) is 9.84. The number of ketones is 2. The fraction of sp³-hybridized carbons (Fsp3) is 0.321. The van der Waals surface area contributed by atoms with E-state index in [1.807, 2.05) is 31.2 Å². The van der Waals surface area contributed by atoms with Crippen molar-refractivity contribution in [3.63, 3.8) is 0 Å². The van der Waals surface area contributed by atoms with Crippen molar-refractivity contribution in [3.8, 4) is 17.6 Å². The lowest BCUT2D eigenvalue weighted by atomic mass is 9.57. The number of aromatic hydroxyl groups is 1. The van der Waals surface area contributed by atoms with Crippen molar-refractivity contribution < 1.29 is 34.8 Å². The largest absolute Gasteiger partial charge is 0.508 e. The summed E-state index contributed by atoms with van der Waals surface area (Å²) in [4.78, 5) is 38.4. The summed E-state index contributed by atoms with van der Waals surface area (Å²) in [6.07, 6.45) is -1.22. The van der Waals surface area contributed by atoms with Gasteiger partial charge in [0, 0.05) is 22.6 Å². The first-order valence-electron chi connectivity index (χ1n) is 11.7. The van der Waals surface area contributed by atoms with Gasteiger partial charge in [0.2, 0.25) is 5.91 Å². The van der Waals surface area contributed by atoms with Crippen LogP contribution in [0.3, 0.4) is 0 Å². The molecule has 1 amide bonds. The first kappa shape index (κ1) is 23.8. The highest BCUT2D eigenvalue weighted by molar-refractivity contribution is 6.15. The second-order valence-corrected chi connectivity index (χ2v) is 9.84. The Hall–Kier alpha value is -3.93. The highest BCUT2D eigenvalue weighted by atomic mass is 16.3. The summed E-state index contributed by atoms with van der Waals surface area (Å²) in [5, 5.41) is 43.3. The zero-order valence-corrected chi connectivity index (χ0v) is 19.5. The molecule has 5 rings (SSSR count). The van der Waals surface area contributed by atoms with Crippen molar-refractivity contribution in [3.05, 3.63) is 75.5 Å². The molecule has 5 atom stereocenters. The van der Waals surface area contributed by atoms with Crippen LogP contribution in [0.25, 0.3) is 0 Å². The van der Waals surface area contributed by atoms with Gasteiger partial charge in [-0.1, -0.05) is 29.5 Å². The van der Waals surface area contributed by atoms with Gasteiger partial charge in [0.1, 0.15) is 17.4 Å². The number of amides is 1. The molecule has 0 heterocycles. The van der Waals surface area contributed by atoms with Crippen LogP contribution in [0, 0.1) is 36.5 Å². The number of hydrogen-bond donors (Lipinski definition) is 5. The minimum absolute atomic E-state index is 0.0414. The lowest BCUT2D eigenvalue weighted by Crippen LogP contribution is -2.63. The van der Waals surface area contributed by atoms with E-state index in [0.717, 1.165) is 11.1 Å². The lowest BCUT2D eigenvalue weighted by molar-refractivity contribution is -0.167. The standard InChI is InChI=1S/C28H25NO7/c1-13-2-4-14(5-3-13)6-7-15-8-9-19(30)22-18(15)11-16-10-17-12-20(31)23(27(29)35)26(34)28(17,36)25(33)21(16)24(22)32/h2-5,8-9,16-17,20,23,30-31,33,36H,10-12H2,1H3,(H2,29,35)/t16-,17+,20?,23?,28+/m1/s1. The number of allylic oxidation sites excluding steroid dienone is 1. The zero-order valence-electron chi connectivity index (χ0n) is 19.5. The number of aliphatic hydroxyl groups is 3. The maximum absolute atomic E-state index is 13.6. The molecule has 3 aliphatic rings. The molecular weight excluding hydrogens is 462 g/mol. The van der Waals surface area contributed by atoms with E-state index < -0.39 is 52.7 Å². The number of primary amides is 1. The first-order valence-corrected chi connectivity index (χ1v) is 11.7. The molecule has 8 heteroatoms. The molecule has 0 radical (unpaired) electrons. The van der Waals surface area contributed by atoms with Crippen LogP contribution in [0.4, 0.5) is 0 Å². The molecule has 8 nitrogen and oxygen atoms in total.